The summed E-state index contributed by atoms with van der Waals surface area (Å²) in [6.45, 7) is 6.70. The van der Waals surface area contributed by atoms with E-state index in [1.54, 1.807) is 0 Å². The number of hydrogen-bond acceptors (Lipinski definition) is 2. The third-order valence-corrected chi connectivity index (χ3v) is 3.11. The van der Waals surface area contributed by atoms with Crippen molar-refractivity contribution >= 4 is 12.4 Å². The van der Waals surface area contributed by atoms with Crippen LogP contribution < -0.4 is 5.32 Å². The second kappa shape index (κ2) is 3.30. The molecule has 0 aromatic carbocycles. The van der Waals surface area contributed by atoms with Crippen molar-refractivity contribution in [2.45, 2.75) is 13.3 Å². The van der Waals surface area contributed by atoms with Crippen LogP contribution in [0.3, 0.4) is 0 Å². The van der Waals surface area contributed by atoms with Gasteiger partial charge in [-0.15, -0.1) is 12.4 Å². The van der Waals surface area contributed by atoms with Gasteiger partial charge in [0, 0.05) is 31.7 Å². The van der Waals surface area contributed by atoms with E-state index in [2.05, 4.69) is 12.2 Å². The normalized spacial score (nSPS) is 34.1. The monoisotopic (exact) mass is 177 g/mol. The maximum atomic E-state index is 5.39. The van der Waals surface area contributed by atoms with E-state index in [1.807, 2.05) is 0 Å². The largest absolute Gasteiger partial charge is 0.381 e. The van der Waals surface area contributed by atoms with Crippen molar-refractivity contribution < 1.29 is 4.74 Å². The van der Waals surface area contributed by atoms with Crippen LogP contribution in [-0.2, 0) is 4.74 Å². The predicted molar refractivity (Wildman–Crippen MR) is 47.2 cm³/mol. The average Bonchev–Trinajstić information content (AvgIpc) is 1.85. The van der Waals surface area contributed by atoms with E-state index in [9.17, 15) is 0 Å². The summed E-state index contributed by atoms with van der Waals surface area (Å²) in [5.74, 6) is 0.766. The lowest BCUT2D eigenvalue weighted by molar-refractivity contribution is -0.0610. The minimum Gasteiger partial charge on any atom is -0.381 e. The first kappa shape index (κ1) is 9.30. The van der Waals surface area contributed by atoms with Crippen LogP contribution in [-0.4, -0.2) is 26.3 Å². The topological polar surface area (TPSA) is 21.3 Å². The van der Waals surface area contributed by atoms with E-state index in [0.29, 0.717) is 5.41 Å². The van der Waals surface area contributed by atoms with Crippen LogP contribution in [0.4, 0.5) is 0 Å². The van der Waals surface area contributed by atoms with Crippen molar-refractivity contribution in [1.82, 2.24) is 5.32 Å². The van der Waals surface area contributed by atoms with Gasteiger partial charge in [-0.25, -0.2) is 0 Å². The van der Waals surface area contributed by atoms with Crippen molar-refractivity contribution in [1.29, 1.82) is 0 Å². The lowest BCUT2D eigenvalue weighted by Gasteiger charge is -2.49. The quantitative estimate of drug-likeness (QED) is 0.598. The summed E-state index contributed by atoms with van der Waals surface area (Å²) in [6, 6.07) is 0. The van der Waals surface area contributed by atoms with E-state index in [4.69, 9.17) is 4.74 Å². The SMILES string of the molecule is CC1COCCC12CNC2.Cl. The van der Waals surface area contributed by atoms with Gasteiger partial charge in [-0.05, 0) is 12.3 Å². The van der Waals surface area contributed by atoms with Gasteiger partial charge in [-0.2, -0.15) is 0 Å². The summed E-state index contributed by atoms with van der Waals surface area (Å²) in [6.07, 6.45) is 1.27. The van der Waals surface area contributed by atoms with Crippen LogP contribution in [0.1, 0.15) is 13.3 Å². The Hall–Kier alpha value is 0.210. The molecule has 3 heteroatoms. The van der Waals surface area contributed by atoms with Gasteiger partial charge in [0.05, 0.1) is 0 Å². The van der Waals surface area contributed by atoms with Gasteiger partial charge in [0.25, 0.3) is 0 Å². The van der Waals surface area contributed by atoms with Crippen molar-refractivity contribution in [3.05, 3.63) is 0 Å². The van der Waals surface area contributed by atoms with Crippen molar-refractivity contribution in [3.63, 3.8) is 0 Å². The third-order valence-electron chi connectivity index (χ3n) is 3.11. The lowest BCUT2D eigenvalue weighted by atomic mass is 9.68. The fourth-order valence-electron chi connectivity index (χ4n) is 1.93. The summed E-state index contributed by atoms with van der Waals surface area (Å²) in [7, 11) is 0. The Morgan fingerprint density at radius 2 is 2.18 bits per heavy atom. The van der Waals surface area contributed by atoms with Gasteiger partial charge in [0.2, 0.25) is 0 Å². The lowest BCUT2D eigenvalue weighted by Crippen LogP contribution is -2.59. The molecule has 66 valence electrons. The Labute approximate surface area is 74.1 Å². The number of hydrogen-bond donors (Lipinski definition) is 1. The van der Waals surface area contributed by atoms with Crippen LogP contribution in [0.15, 0.2) is 0 Å². The standard InChI is InChI=1S/C8H15NO.ClH/c1-7-4-10-3-2-8(7)5-9-6-8;/h7,9H,2-6H2,1H3;1H. The molecular formula is C8H16ClNO. The zero-order valence-corrected chi connectivity index (χ0v) is 7.75. The maximum Gasteiger partial charge on any atom is 0.0497 e. The fourth-order valence-corrected chi connectivity index (χ4v) is 1.93. The van der Waals surface area contributed by atoms with Gasteiger partial charge in [-0.3, -0.25) is 0 Å². The Bertz CT molecular complexity index is 136. The molecule has 1 N–H and O–H groups in total. The van der Waals surface area contributed by atoms with Gasteiger partial charge in [0.15, 0.2) is 0 Å². The summed E-state index contributed by atoms with van der Waals surface area (Å²) >= 11 is 0. The van der Waals surface area contributed by atoms with E-state index >= 15 is 0 Å². The molecule has 2 heterocycles. The average molecular weight is 178 g/mol. The molecule has 0 aromatic heterocycles. The molecule has 2 aliphatic heterocycles. The predicted octanol–water partition coefficient (Wildman–Crippen LogP) is 1.05. The molecule has 2 nitrogen and oxygen atoms in total. The highest BCUT2D eigenvalue weighted by Crippen LogP contribution is 2.38. The molecule has 0 radical (unpaired) electrons. The molecule has 1 atom stereocenters. The highest BCUT2D eigenvalue weighted by atomic mass is 35.5. The second-order valence-corrected chi connectivity index (χ2v) is 3.69. The van der Waals surface area contributed by atoms with E-state index < -0.39 is 0 Å². The van der Waals surface area contributed by atoms with Crippen LogP contribution in [0.2, 0.25) is 0 Å². The molecule has 2 fully saturated rings. The van der Waals surface area contributed by atoms with Gasteiger partial charge in [-0.1, -0.05) is 6.92 Å². The van der Waals surface area contributed by atoms with Gasteiger partial charge in [0.1, 0.15) is 0 Å². The zero-order valence-electron chi connectivity index (χ0n) is 6.93. The highest BCUT2D eigenvalue weighted by molar-refractivity contribution is 5.85. The highest BCUT2D eigenvalue weighted by Gasteiger charge is 2.43. The minimum atomic E-state index is 0. The van der Waals surface area contributed by atoms with Gasteiger partial charge < -0.3 is 10.1 Å². The summed E-state index contributed by atoms with van der Waals surface area (Å²) in [5, 5.41) is 3.35. The van der Waals surface area contributed by atoms with Crippen LogP contribution in [0.25, 0.3) is 0 Å². The van der Waals surface area contributed by atoms with Crippen molar-refractivity contribution in [3.8, 4) is 0 Å². The molecule has 1 spiro atoms. The first-order chi connectivity index (χ1) is 4.83. The zero-order chi connectivity index (χ0) is 7.03. The molecule has 0 amide bonds. The molecule has 2 saturated heterocycles. The van der Waals surface area contributed by atoms with E-state index in [1.165, 1.54) is 19.5 Å². The number of rotatable bonds is 0. The maximum absolute atomic E-state index is 5.39. The Morgan fingerprint density at radius 1 is 1.45 bits per heavy atom. The van der Waals surface area contributed by atoms with Crippen LogP contribution >= 0.6 is 12.4 Å². The summed E-state index contributed by atoms with van der Waals surface area (Å²) < 4.78 is 5.39. The molecule has 11 heavy (non-hydrogen) atoms. The molecule has 0 aliphatic carbocycles. The number of halogens is 1. The van der Waals surface area contributed by atoms with Crippen molar-refractivity contribution in [2.24, 2.45) is 11.3 Å². The summed E-state index contributed by atoms with van der Waals surface area (Å²) in [4.78, 5) is 0. The fraction of sp³-hybridized carbons (Fsp3) is 1.00. The number of nitrogens with one attached hydrogen (secondary N) is 1. The first-order valence-corrected chi connectivity index (χ1v) is 4.12. The Morgan fingerprint density at radius 3 is 2.55 bits per heavy atom. The molecule has 0 aromatic rings. The summed E-state index contributed by atoms with van der Waals surface area (Å²) in [5.41, 5.74) is 0.623. The molecule has 0 saturated carbocycles. The second-order valence-electron chi connectivity index (χ2n) is 3.69. The van der Waals surface area contributed by atoms with Crippen LogP contribution in [0, 0.1) is 11.3 Å². The Balaban J connectivity index is 0.000000605. The Kier molecular flexibility index (Phi) is 2.79. The van der Waals surface area contributed by atoms with Gasteiger partial charge >= 0.3 is 0 Å². The van der Waals surface area contributed by atoms with E-state index in [0.717, 1.165) is 19.1 Å². The van der Waals surface area contributed by atoms with Crippen LogP contribution in [0.5, 0.6) is 0 Å². The minimum absolute atomic E-state index is 0. The van der Waals surface area contributed by atoms with Crippen molar-refractivity contribution in [2.75, 3.05) is 26.3 Å². The molecular weight excluding hydrogens is 162 g/mol. The number of ether oxygens (including phenoxy) is 1. The smallest absolute Gasteiger partial charge is 0.0497 e. The molecule has 2 aliphatic rings. The third kappa shape index (κ3) is 1.40. The molecule has 1 unspecified atom stereocenters. The van der Waals surface area contributed by atoms with E-state index in [-0.39, 0.29) is 12.4 Å². The molecule has 0 bridgehead atoms. The first-order valence-electron chi connectivity index (χ1n) is 4.12. The molecule has 2 rings (SSSR count).